The first-order chi connectivity index (χ1) is 5.49. The Hall–Kier alpha value is -0.160. The monoisotopic (exact) mass is 178 g/mol. The molecule has 0 aromatic rings. The van der Waals surface area contributed by atoms with Gasteiger partial charge in [0.1, 0.15) is 11.2 Å². The Labute approximate surface area is 73.1 Å². The van der Waals surface area contributed by atoms with Gasteiger partial charge in [-0.05, 0) is 13.8 Å². The number of hydrogen-bond donors (Lipinski definition) is 2. The largest absolute Gasteiger partial charge is 0.393 e. The molecule has 0 heterocycles. The van der Waals surface area contributed by atoms with E-state index in [1.54, 1.807) is 13.8 Å². The first kappa shape index (κ1) is 11.8. The minimum absolute atomic E-state index is 0.200. The average Bonchev–Trinajstić information content (AvgIpc) is 2.15. The number of rotatable bonds is 5. The molecular weight excluding hydrogens is 160 g/mol. The van der Waals surface area contributed by atoms with Crippen LogP contribution in [0.15, 0.2) is 0 Å². The summed E-state index contributed by atoms with van der Waals surface area (Å²) in [6.07, 6.45) is 0. The van der Waals surface area contributed by atoms with Crippen LogP contribution >= 0.6 is 0 Å². The molecule has 0 aliphatic carbocycles. The maximum atomic E-state index is 9.07. The highest BCUT2D eigenvalue weighted by atomic mass is 16.6. The summed E-state index contributed by atoms with van der Waals surface area (Å²) < 4.78 is 10.2. The highest BCUT2D eigenvalue weighted by molar-refractivity contribution is 4.95. The summed E-state index contributed by atoms with van der Waals surface area (Å²) in [5.74, 6) is 0. The molecule has 0 bridgehead atoms. The molecule has 0 aromatic heterocycles. The van der Waals surface area contributed by atoms with Crippen molar-refractivity contribution in [1.82, 2.24) is 0 Å². The zero-order valence-electron chi connectivity index (χ0n) is 8.13. The zero-order valence-corrected chi connectivity index (χ0v) is 8.13. The van der Waals surface area contributed by atoms with Crippen molar-refractivity contribution in [3.8, 4) is 0 Å². The normalized spacial score (nSPS) is 21.5. The molecule has 12 heavy (non-hydrogen) atoms. The summed E-state index contributed by atoms with van der Waals surface area (Å²) >= 11 is 0. The summed E-state index contributed by atoms with van der Waals surface area (Å²) in [5.41, 5.74) is -1.76. The van der Waals surface area contributed by atoms with Gasteiger partial charge in [-0.2, -0.15) is 0 Å². The van der Waals surface area contributed by atoms with Crippen molar-refractivity contribution < 1.29 is 19.7 Å². The molecule has 0 aliphatic rings. The van der Waals surface area contributed by atoms with E-state index < -0.39 is 11.2 Å². The van der Waals surface area contributed by atoms with Crippen LogP contribution in [0.4, 0.5) is 0 Å². The summed E-state index contributed by atoms with van der Waals surface area (Å²) in [5, 5.41) is 18.1. The van der Waals surface area contributed by atoms with E-state index >= 15 is 0 Å². The highest BCUT2D eigenvalue weighted by Crippen LogP contribution is 2.27. The van der Waals surface area contributed by atoms with Crippen molar-refractivity contribution in [3.63, 3.8) is 0 Å². The van der Waals surface area contributed by atoms with Gasteiger partial charge >= 0.3 is 0 Å². The fraction of sp³-hybridized carbons (Fsp3) is 1.00. The SMILES string of the molecule is COC(C)(CO)C(C)(CO)OC. The molecule has 0 amide bonds. The maximum Gasteiger partial charge on any atom is 0.119 e. The van der Waals surface area contributed by atoms with E-state index in [-0.39, 0.29) is 13.2 Å². The topological polar surface area (TPSA) is 58.9 Å². The molecule has 2 N–H and O–H groups in total. The van der Waals surface area contributed by atoms with Gasteiger partial charge < -0.3 is 19.7 Å². The van der Waals surface area contributed by atoms with Crippen molar-refractivity contribution in [2.24, 2.45) is 0 Å². The first-order valence-electron chi connectivity index (χ1n) is 3.81. The average molecular weight is 178 g/mol. The lowest BCUT2D eigenvalue weighted by atomic mass is 9.87. The quantitative estimate of drug-likeness (QED) is 0.611. The van der Waals surface area contributed by atoms with Crippen LogP contribution in [0.2, 0.25) is 0 Å². The number of methoxy groups -OCH3 is 2. The molecule has 4 heteroatoms. The Morgan fingerprint density at radius 3 is 1.25 bits per heavy atom. The molecule has 0 aromatic carbocycles. The van der Waals surface area contributed by atoms with Gasteiger partial charge in [0.25, 0.3) is 0 Å². The number of hydrogen-bond acceptors (Lipinski definition) is 4. The molecule has 0 saturated carbocycles. The van der Waals surface area contributed by atoms with E-state index in [0.717, 1.165) is 0 Å². The standard InChI is InChI=1S/C8H18O4/c1-7(5-9,11-3)8(2,6-10)12-4/h9-10H,5-6H2,1-4H3. The van der Waals surface area contributed by atoms with E-state index in [1.807, 2.05) is 0 Å². The second-order valence-corrected chi connectivity index (χ2v) is 3.19. The van der Waals surface area contributed by atoms with E-state index in [0.29, 0.717) is 0 Å². The maximum absolute atomic E-state index is 9.07. The Bertz CT molecular complexity index is 111. The van der Waals surface area contributed by atoms with E-state index in [1.165, 1.54) is 14.2 Å². The van der Waals surface area contributed by atoms with Crippen LogP contribution in [-0.4, -0.2) is 48.8 Å². The fourth-order valence-electron chi connectivity index (χ4n) is 0.895. The zero-order chi connectivity index (χ0) is 9.83. The smallest absolute Gasteiger partial charge is 0.119 e. The number of ether oxygens (including phenoxy) is 2. The predicted octanol–water partition coefficient (Wildman–Crippen LogP) is -0.219. The molecule has 2 unspecified atom stereocenters. The Balaban J connectivity index is 4.66. The molecule has 0 radical (unpaired) electrons. The first-order valence-corrected chi connectivity index (χ1v) is 3.81. The van der Waals surface area contributed by atoms with E-state index in [9.17, 15) is 0 Å². The van der Waals surface area contributed by atoms with Crippen molar-refractivity contribution in [2.45, 2.75) is 25.0 Å². The Morgan fingerprint density at radius 1 is 0.917 bits per heavy atom. The van der Waals surface area contributed by atoms with E-state index in [4.69, 9.17) is 19.7 Å². The summed E-state index contributed by atoms with van der Waals surface area (Å²) in [6.45, 7) is 2.97. The number of aliphatic hydroxyl groups is 2. The van der Waals surface area contributed by atoms with Crippen LogP contribution in [0.1, 0.15) is 13.8 Å². The van der Waals surface area contributed by atoms with Gasteiger partial charge in [0, 0.05) is 14.2 Å². The summed E-state index contributed by atoms with van der Waals surface area (Å²) in [4.78, 5) is 0. The lowest BCUT2D eigenvalue weighted by Crippen LogP contribution is -2.57. The Morgan fingerprint density at radius 2 is 1.17 bits per heavy atom. The molecule has 74 valence electrons. The molecule has 0 spiro atoms. The molecule has 0 rings (SSSR count). The predicted molar refractivity (Wildman–Crippen MR) is 45.0 cm³/mol. The third kappa shape index (κ3) is 1.77. The molecule has 4 nitrogen and oxygen atoms in total. The summed E-state index contributed by atoms with van der Waals surface area (Å²) in [7, 11) is 2.95. The lowest BCUT2D eigenvalue weighted by Gasteiger charge is -2.41. The molecule has 0 fully saturated rings. The molecule has 2 atom stereocenters. The molecule has 0 saturated heterocycles. The van der Waals surface area contributed by atoms with Gasteiger partial charge in [0.15, 0.2) is 0 Å². The van der Waals surface area contributed by atoms with Gasteiger partial charge in [-0.3, -0.25) is 0 Å². The lowest BCUT2D eigenvalue weighted by molar-refractivity contribution is -0.199. The number of aliphatic hydroxyl groups excluding tert-OH is 2. The minimum Gasteiger partial charge on any atom is -0.393 e. The highest BCUT2D eigenvalue weighted by Gasteiger charge is 2.44. The van der Waals surface area contributed by atoms with Crippen LogP contribution in [0.3, 0.4) is 0 Å². The third-order valence-electron chi connectivity index (χ3n) is 2.62. The molecule has 0 aliphatic heterocycles. The van der Waals surface area contributed by atoms with Crippen molar-refractivity contribution >= 4 is 0 Å². The van der Waals surface area contributed by atoms with Crippen LogP contribution in [0.5, 0.6) is 0 Å². The van der Waals surface area contributed by atoms with Crippen LogP contribution in [0, 0.1) is 0 Å². The second-order valence-electron chi connectivity index (χ2n) is 3.19. The van der Waals surface area contributed by atoms with Crippen molar-refractivity contribution in [2.75, 3.05) is 27.4 Å². The van der Waals surface area contributed by atoms with Crippen molar-refractivity contribution in [1.29, 1.82) is 0 Å². The van der Waals surface area contributed by atoms with Gasteiger partial charge in [0.05, 0.1) is 13.2 Å². The van der Waals surface area contributed by atoms with Crippen LogP contribution in [-0.2, 0) is 9.47 Å². The van der Waals surface area contributed by atoms with Gasteiger partial charge in [0.2, 0.25) is 0 Å². The third-order valence-corrected chi connectivity index (χ3v) is 2.62. The Kier molecular flexibility index (Phi) is 4.13. The second kappa shape index (κ2) is 4.18. The van der Waals surface area contributed by atoms with Gasteiger partial charge in [-0.1, -0.05) is 0 Å². The minimum atomic E-state index is -0.878. The van der Waals surface area contributed by atoms with Crippen LogP contribution < -0.4 is 0 Å². The molecular formula is C8H18O4. The van der Waals surface area contributed by atoms with Gasteiger partial charge in [-0.25, -0.2) is 0 Å². The van der Waals surface area contributed by atoms with Crippen molar-refractivity contribution in [3.05, 3.63) is 0 Å². The van der Waals surface area contributed by atoms with Crippen LogP contribution in [0.25, 0.3) is 0 Å². The fourth-order valence-corrected chi connectivity index (χ4v) is 0.895. The summed E-state index contributed by atoms with van der Waals surface area (Å²) in [6, 6.07) is 0. The van der Waals surface area contributed by atoms with Gasteiger partial charge in [-0.15, -0.1) is 0 Å². The van der Waals surface area contributed by atoms with E-state index in [2.05, 4.69) is 0 Å².